The number of pyridine rings is 1. The molecule has 14 heteroatoms. The zero-order valence-electron chi connectivity index (χ0n) is 20.6. The number of benzene rings is 2. The summed E-state index contributed by atoms with van der Waals surface area (Å²) in [5.41, 5.74) is 3.34. The summed E-state index contributed by atoms with van der Waals surface area (Å²) in [5, 5.41) is 11.8. The molecule has 1 aliphatic heterocycles. The molecule has 1 aromatic heterocycles. The molecule has 2 aliphatic rings. The standard InChI is InChI=1S/C26H22F3N5O5.ClH/c27-14-1-3-15(4-2-14)34(24(37)26(6-7-26)23(30)36)20-10-19(29)21(11-18(20)28)39-17-5-8-31-22(9-17)32-25(38)33-12-16(35)13-33;/h1-5,8-11,16,35H,6-7,12-13H2,(H2,30,36)(H,31,32,38);1H. The monoisotopic (exact) mass is 577 g/mol. The van der Waals surface area contributed by atoms with Crippen LogP contribution in [-0.4, -0.2) is 52.0 Å². The predicted octanol–water partition coefficient (Wildman–Crippen LogP) is 3.85. The number of aliphatic hydroxyl groups is 1. The third-order valence-electron chi connectivity index (χ3n) is 6.50. The van der Waals surface area contributed by atoms with Crippen LogP contribution in [0.15, 0.2) is 54.7 Å². The Morgan fingerprint density at radius 3 is 2.33 bits per heavy atom. The number of aliphatic hydroxyl groups excluding tert-OH is 1. The van der Waals surface area contributed by atoms with E-state index >= 15 is 8.78 Å². The molecule has 0 bridgehead atoms. The van der Waals surface area contributed by atoms with E-state index in [0.29, 0.717) is 0 Å². The van der Waals surface area contributed by atoms with Crippen molar-refractivity contribution in [3.05, 3.63) is 72.2 Å². The van der Waals surface area contributed by atoms with E-state index in [2.05, 4.69) is 10.3 Å². The highest BCUT2D eigenvalue weighted by atomic mass is 35.5. The fraction of sp³-hybridized carbons (Fsp3) is 0.231. The van der Waals surface area contributed by atoms with Gasteiger partial charge >= 0.3 is 6.03 Å². The number of amides is 4. The maximum atomic E-state index is 15.4. The number of likely N-dealkylation sites (tertiary alicyclic amines) is 1. The highest BCUT2D eigenvalue weighted by molar-refractivity contribution is 6.16. The Bertz CT molecular complexity index is 1470. The topological polar surface area (TPSA) is 138 Å². The molecule has 2 heterocycles. The number of anilines is 3. The summed E-state index contributed by atoms with van der Waals surface area (Å²) in [6.07, 6.45) is 0.984. The Hall–Kier alpha value is -4.36. The van der Waals surface area contributed by atoms with Crippen molar-refractivity contribution in [2.45, 2.75) is 18.9 Å². The van der Waals surface area contributed by atoms with Gasteiger partial charge in [-0.25, -0.2) is 22.9 Å². The first kappa shape index (κ1) is 28.6. The van der Waals surface area contributed by atoms with E-state index in [1.807, 2.05) is 0 Å². The van der Waals surface area contributed by atoms with Crippen LogP contribution < -0.4 is 20.7 Å². The van der Waals surface area contributed by atoms with E-state index in [4.69, 9.17) is 10.5 Å². The van der Waals surface area contributed by atoms with Crippen LogP contribution in [0.1, 0.15) is 12.8 Å². The average Bonchev–Trinajstić information content (AvgIpc) is 3.69. The largest absolute Gasteiger partial charge is 0.454 e. The highest BCUT2D eigenvalue weighted by Crippen LogP contribution is 2.49. The molecule has 4 N–H and O–H groups in total. The van der Waals surface area contributed by atoms with Gasteiger partial charge in [0.2, 0.25) is 11.8 Å². The van der Waals surface area contributed by atoms with Crippen LogP contribution in [0.5, 0.6) is 11.5 Å². The van der Waals surface area contributed by atoms with Crippen molar-refractivity contribution >= 4 is 47.4 Å². The lowest BCUT2D eigenvalue weighted by molar-refractivity contribution is -0.133. The number of carbonyl (C=O) groups is 3. The van der Waals surface area contributed by atoms with Crippen LogP contribution in [0.3, 0.4) is 0 Å². The van der Waals surface area contributed by atoms with E-state index in [1.165, 1.54) is 35.4 Å². The van der Waals surface area contributed by atoms with Crippen molar-refractivity contribution in [2.75, 3.05) is 23.3 Å². The van der Waals surface area contributed by atoms with E-state index in [-0.39, 0.29) is 55.6 Å². The summed E-state index contributed by atoms with van der Waals surface area (Å²) in [7, 11) is 0. The van der Waals surface area contributed by atoms with Gasteiger partial charge in [-0.3, -0.25) is 19.8 Å². The number of β-amino-alcohol motifs (C(OH)–C–C–N with tert-alkyl or cyclic N) is 1. The highest BCUT2D eigenvalue weighted by Gasteiger charge is 2.57. The molecular formula is C26H23ClF3N5O5. The van der Waals surface area contributed by atoms with Crippen molar-refractivity contribution in [1.29, 1.82) is 0 Å². The molecule has 4 amide bonds. The lowest BCUT2D eigenvalue weighted by atomic mass is 10.0. The minimum Gasteiger partial charge on any atom is -0.454 e. The van der Waals surface area contributed by atoms with Crippen molar-refractivity contribution in [2.24, 2.45) is 11.1 Å². The van der Waals surface area contributed by atoms with Gasteiger partial charge in [-0.05, 0) is 43.2 Å². The van der Waals surface area contributed by atoms with Gasteiger partial charge in [-0.1, -0.05) is 0 Å². The minimum absolute atomic E-state index is 0. The Morgan fingerprint density at radius 2 is 1.73 bits per heavy atom. The lowest BCUT2D eigenvalue weighted by Crippen LogP contribution is -2.54. The van der Waals surface area contributed by atoms with Crippen molar-refractivity contribution < 1.29 is 37.4 Å². The van der Waals surface area contributed by atoms with Crippen LogP contribution in [0.2, 0.25) is 0 Å². The van der Waals surface area contributed by atoms with Crippen LogP contribution in [0.4, 0.5) is 35.2 Å². The van der Waals surface area contributed by atoms with E-state index in [9.17, 15) is 23.9 Å². The smallest absolute Gasteiger partial charge is 0.323 e. The van der Waals surface area contributed by atoms with Gasteiger partial charge in [0, 0.05) is 30.1 Å². The van der Waals surface area contributed by atoms with Crippen LogP contribution in [0, 0.1) is 22.9 Å². The maximum Gasteiger partial charge on any atom is 0.323 e. The minimum atomic E-state index is -1.57. The first-order valence-corrected chi connectivity index (χ1v) is 11.8. The summed E-state index contributed by atoms with van der Waals surface area (Å²) in [6, 6.07) is 8.05. The first-order chi connectivity index (χ1) is 18.6. The number of nitrogens with two attached hydrogens (primary N) is 1. The van der Waals surface area contributed by atoms with Gasteiger partial charge in [0.1, 0.15) is 22.8 Å². The zero-order valence-corrected chi connectivity index (χ0v) is 21.5. The molecule has 1 aliphatic carbocycles. The number of halogens is 4. The molecule has 0 radical (unpaired) electrons. The average molecular weight is 578 g/mol. The molecule has 0 unspecified atom stereocenters. The number of urea groups is 1. The summed E-state index contributed by atoms with van der Waals surface area (Å²) >= 11 is 0. The van der Waals surface area contributed by atoms with E-state index < -0.39 is 58.3 Å². The second-order valence-electron chi connectivity index (χ2n) is 9.27. The number of nitrogens with zero attached hydrogens (tertiary/aromatic N) is 3. The second-order valence-corrected chi connectivity index (χ2v) is 9.27. The normalized spacial score (nSPS) is 15.3. The molecule has 210 valence electrons. The molecule has 1 saturated carbocycles. The molecule has 1 saturated heterocycles. The Balaban J connectivity index is 0.00000370. The molecule has 10 nitrogen and oxygen atoms in total. The molecule has 0 atom stereocenters. The van der Waals surface area contributed by atoms with Gasteiger partial charge in [-0.2, -0.15) is 0 Å². The quantitative estimate of drug-likeness (QED) is 0.365. The molecular weight excluding hydrogens is 555 g/mol. The van der Waals surface area contributed by atoms with Gasteiger partial charge in [0.25, 0.3) is 0 Å². The number of nitrogens with one attached hydrogen (secondary N) is 1. The summed E-state index contributed by atoms with van der Waals surface area (Å²) in [4.78, 5) is 43.7. The third-order valence-corrected chi connectivity index (χ3v) is 6.50. The van der Waals surface area contributed by atoms with Crippen LogP contribution in [-0.2, 0) is 9.59 Å². The molecule has 2 fully saturated rings. The lowest BCUT2D eigenvalue weighted by Gasteiger charge is -2.35. The second kappa shape index (κ2) is 11.0. The maximum absolute atomic E-state index is 15.4. The number of carbonyl (C=O) groups excluding carboxylic acids is 3. The SMILES string of the molecule is Cl.NC(=O)C1(C(=O)N(c2ccc(F)cc2)c2cc(F)c(Oc3ccnc(NC(=O)N4CC(O)C4)c3)cc2F)CC1. The summed E-state index contributed by atoms with van der Waals surface area (Å²) in [5.74, 6) is -4.93. The fourth-order valence-corrected chi connectivity index (χ4v) is 4.11. The molecule has 2 aromatic carbocycles. The summed E-state index contributed by atoms with van der Waals surface area (Å²) in [6.45, 7) is 0.355. The molecule has 0 spiro atoms. The van der Waals surface area contributed by atoms with Gasteiger partial charge in [-0.15, -0.1) is 12.4 Å². The van der Waals surface area contributed by atoms with Crippen LogP contribution >= 0.6 is 12.4 Å². The number of hydrogen-bond donors (Lipinski definition) is 3. The Kier molecular flexibility index (Phi) is 7.89. The third kappa shape index (κ3) is 5.51. The van der Waals surface area contributed by atoms with E-state index in [0.717, 1.165) is 29.2 Å². The molecule has 3 aromatic rings. The number of primary amides is 1. The number of ether oxygens (including phenoxy) is 1. The van der Waals surface area contributed by atoms with Crippen molar-refractivity contribution in [1.82, 2.24) is 9.88 Å². The van der Waals surface area contributed by atoms with Crippen LogP contribution in [0.25, 0.3) is 0 Å². The Morgan fingerprint density at radius 1 is 1.05 bits per heavy atom. The number of aromatic nitrogens is 1. The number of rotatable bonds is 7. The number of hydrogen-bond acceptors (Lipinski definition) is 6. The Labute approximate surface area is 231 Å². The van der Waals surface area contributed by atoms with Crippen molar-refractivity contribution in [3.63, 3.8) is 0 Å². The molecule has 5 rings (SSSR count). The fourth-order valence-electron chi connectivity index (χ4n) is 4.11. The van der Waals surface area contributed by atoms with E-state index in [1.54, 1.807) is 0 Å². The van der Waals surface area contributed by atoms with Gasteiger partial charge < -0.3 is 20.5 Å². The molecule has 40 heavy (non-hydrogen) atoms. The first-order valence-electron chi connectivity index (χ1n) is 11.8. The van der Waals surface area contributed by atoms with Crippen molar-refractivity contribution in [3.8, 4) is 11.5 Å². The zero-order chi connectivity index (χ0) is 27.9. The predicted molar refractivity (Wildman–Crippen MR) is 139 cm³/mol. The van der Waals surface area contributed by atoms with Gasteiger partial charge in [0.05, 0.1) is 24.9 Å². The summed E-state index contributed by atoms with van der Waals surface area (Å²) < 4.78 is 49.6. The van der Waals surface area contributed by atoms with Gasteiger partial charge in [0.15, 0.2) is 17.4 Å².